The van der Waals surface area contributed by atoms with E-state index in [1.54, 1.807) is 0 Å². The van der Waals surface area contributed by atoms with Crippen LogP contribution in [0, 0.1) is 6.92 Å². The number of carbonyl (C=O) groups excluding carboxylic acids is 2. The Bertz CT molecular complexity index is 958. The number of nitrogens with zero attached hydrogens (tertiary/aromatic N) is 3. The van der Waals surface area contributed by atoms with E-state index < -0.39 is 0 Å². The van der Waals surface area contributed by atoms with Gasteiger partial charge >= 0.3 is 0 Å². The molecule has 1 aromatic carbocycles. The van der Waals surface area contributed by atoms with Gasteiger partial charge in [-0.3, -0.25) is 9.59 Å². The molecule has 4 rings (SSSR count). The number of aryl methyl sites for hydroxylation is 2. The minimum Gasteiger partial charge on any atom is -0.351 e. The van der Waals surface area contributed by atoms with Crippen LogP contribution < -0.4 is 10.2 Å². The Morgan fingerprint density at radius 3 is 2.68 bits per heavy atom. The van der Waals surface area contributed by atoms with Crippen molar-refractivity contribution in [3.8, 4) is 0 Å². The highest BCUT2D eigenvalue weighted by Crippen LogP contribution is 2.36. The standard InChI is InChI=1S/C25H36N4O2/c1-18-12-13-21-20(17-18)23(29-16-7-11-22(29)30)24(28(21)3)25(31)26-14-8-15-27(2)19-9-5-4-6-10-19/h12-13,17,19H,4-11,14-16H2,1-3H3,(H,26,31). The molecule has 0 atom stereocenters. The average molecular weight is 425 g/mol. The van der Waals surface area contributed by atoms with E-state index in [4.69, 9.17) is 0 Å². The van der Waals surface area contributed by atoms with Gasteiger partial charge in [0.1, 0.15) is 5.69 Å². The number of anilines is 1. The first kappa shape index (κ1) is 21.9. The van der Waals surface area contributed by atoms with Crippen molar-refractivity contribution in [1.29, 1.82) is 0 Å². The third-order valence-corrected chi connectivity index (χ3v) is 7.06. The van der Waals surface area contributed by atoms with E-state index in [0.717, 1.165) is 41.5 Å². The van der Waals surface area contributed by atoms with Crippen LogP contribution in [0.15, 0.2) is 18.2 Å². The van der Waals surface area contributed by atoms with Crippen LogP contribution in [0.1, 0.15) is 67.4 Å². The molecule has 1 saturated heterocycles. The summed E-state index contributed by atoms with van der Waals surface area (Å²) in [7, 11) is 4.13. The SMILES string of the molecule is Cc1ccc2c(c1)c(N1CCCC1=O)c(C(=O)NCCCN(C)C1CCCCC1)n2C. The molecule has 2 fully saturated rings. The molecule has 168 valence electrons. The molecule has 1 N–H and O–H groups in total. The summed E-state index contributed by atoms with van der Waals surface area (Å²) in [6, 6.07) is 6.89. The number of fused-ring (bicyclic) bond motifs is 1. The van der Waals surface area contributed by atoms with E-state index in [2.05, 4.69) is 29.4 Å². The second-order valence-corrected chi connectivity index (χ2v) is 9.31. The molecule has 1 saturated carbocycles. The zero-order valence-electron chi connectivity index (χ0n) is 19.2. The molecule has 0 spiro atoms. The molecule has 1 aromatic heterocycles. The molecule has 6 nitrogen and oxygen atoms in total. The number of carbonyl (C=O) groups is 2. The third kappa shape index (κ3) is 4.49. The lowest BCUT2D eigenvalue weighted by Gasteiger charge is -2.31. The number of hydrogen-bond acceptors (Lipinski definition) is 3. The van der Waals surface area contributed by atoms with Crippen LogP contribution in [-0.4, -0.2) is 54.0 Å². The smallest absolute Gasteiger partial charge is 0.270 e. The largest absolute Gasteiger partial charge is 0.351 e. The summed E-state index contributed by atoms with van der Waals surface area (Å²) in [5.74, 6) is 0.0172. The van der Waals surface area contributed by atoms with Crippen molar-refractivity contribution in [2.45, 2.75) is 64.3 Å². The first-order valence-electron chi connectivity index (χ1n) is 11.8. The minimum atomic E-state index is -0.0913. The number of amides is 2. The van der Waals surface area contributed by atoms with Crippen LogP contribution in [0.25, 0.3) is 10.9 Å². The Kier molecular flexibility index (Phi) is 6.65. The zero-order valence-corrected chi connectivity index (χ0v) is 19.2. The van der Waals surface area contributed by atoms with Crippen molar-refractivity contribution in [3.05, 3.63) is 29.5 Å². The number of aromatic nitrogens is 1. The maximum atomic E-state index is 13.3. The molecule has 31 heavy (non-hydrogen) atoms. The predicted octanol–water partition coefficient (Wildman–Crippen LogP) is 4.00. The van der Waals surface area contributed by atoms with Crippen LogP contribution >= 0.6 is 0 Å². The highest BCUT2D eigenvalue weighted by Gasteiger charge is 2.31. The fraction of sp³-hybridized carbons (Fsp3) is 0.600. The van der Waals surface area contributed by atoms with Crippen molar-refractivity contribution in [2.75, 3.05) is 31.6 Å². The zero-order chi connectivity index (χ0) is 22.0. The van der Waals surface area contributed by atoms with E-state index >= 15 is 0 Å². The molecule has 1 aliphatic heterocycles. The highest BCUT2D eigenvalue weighted by molar-refractivity contribution is 6.14. The van der Waals surface area contributed by atoms with Gasteiger partial charge in [-0.2, -0.15) is 0 Å². The number of benzene rings is 1. The van der Waals surface area contributed by atoms with Gasteiger partial charge in [0.2, 0.25) is 5.91 Å². The van der Waals surface area contributed by atoms with Crippen LogP contribution in [0.2, 0.25) is 0 Å². The lowest BCUT2D eigenvalue weighted by atomic mass is 9.94. The van der Waals surface area contributed by atoms with E-state index in [-0.39, 0.29) is 11.8 Å². The molecule has 2 heterocycles. The van der Waals surface area contributed by atoms with Gasteiger partial charge in [0.05, 0.1) is 11.2 Å². The second kappa shape index (κ2) is 9.43. The van der Waals surface area contributed by atoms with E-state index in [1.165, 1.54) is 32.1 Å². The monoisotopic (exact) mass is 424 g/mol. The van der Waals surface area contributed by atoms with Gasteiger partial charge in [0, 0.05) is 38.0 Å². The van der Waals surface area contributed by atoms with Crippen molar-refractivity contribution in [2.24, 2.45) is 7.05 Å². The van der Waals surface area contributed by atoms with Crippen LogP contribution in [0.3, 0.4) is 0 Å². The maximum absolute atomic E-state index is 13.3. The van der Waals surface area contributed by atoms with Gasteiger partial charge in [-0.15, -0.1) is 0 Å². The molecule has 0 bridgehead atoms. The van der Waals surface area contributed by atoms with Gasteiger partial charge in [0.25, 0.3) is 5.91 Å². The van der Waals surface area contributed by atoms with E-state index in [0.29, 0.717) is 31.2 Å². The Morgan fingerprint density at radius 1 is 1.19 bits per heavy atom. The lowest BCUT2D eigenvalue weighted by molar-refractivity contribution is -0.117. The fourth-order valence-electron chi connectivity index (χ4n) is 5.28. The molecule has 2 aromatic rings. The quantitative estimate of drug-likeness (QED) is 0.684. The summed E-state index contributed by atoms with van der Waals surface area (Å²) in [4.78, 5) is 30.1. The first-order chi connectivity index (χ1) is 15.0. The molecule has 2 amide bonds. The summed E-state index contributed by atoms with van der Waals surface area (Å²) >= 11 is 0. The van der Waals surface area contributed by atoms with Crippen molar-refractivity contribution in [1.82, 2.24) is 14.8 Å². The van der Waals surface area contributed by atoms with E-state index in [1.807, 2.05) is 29.5 Å². The van der Waals surface area contributed by atoms with Gasteiger partial charge in [0.15, 0.2) is 0 Å². The van der Waals surface area contributed by atoms with Crippen LogP contribution in [0.5, 0.6) is 0 Å². The molecule has 0 radical (unpaired) electrons. The summed E-state index contributed by atoms with van der Waals surface area (Å²) in [5, 5.41) is 4.11. The van der Waals surface area contributed by atoms with Crippen molar-refractivity contribution >= 4 is 28.4 Å². The van der Waals surface area contributed by atoms with Gasteiger partial charge in [-0.25, -0.2) is 0 Å². The van der Waals surface area contributed by atoms with Gasteiger partial charge in [-0.1, -0.05) is 30.9 Å². The summed E-state index contributed by atoms with van der Waals surface area (Å²) in [6.07, 6.45) is 8.96. The first-order valence-corrected chi connectivity index (χ1v) is 11.8. The normalized spacial score (nSPS) is 17.8. The molecule has 1 aliphatic carbocycles. The topological polar surface area (TPSA) is 57.6 Å². The average Bonchev–Trinajstić information content (AvgIpc) is 3.31. The Morgan fingerprint density at radius 2 is 1.97 bits per heavy atom. The molecular formula is C25H36N4O2. The number of nitrogens with one attached hydrogen (secondary N) is 1. The van der Waals surface area contributed by atoms with Crippen LogP contribution in [-0.2, 0) is 11.8 Å². The molecule has 0 unspecified atom stereocenters. The second-order valence-electron chi connectivity index (χ2n) is 9.31. The maximum Gasteiger partial charge on any atom is 0.270 e. The predicted molar refractivity (Wildman–Crippen MR) is 126 cm³/mol. The molecule has 6 heteroatoms. The summed E-state index contributed by atoms with van der Waals surface area (Å²) < 4.78 is 1.94. The number of hydrogen-bond donors (Lipinski definition) is 1. The van der Waals surface area contributed by atoms with Crippen LogP contribution in [0.4, 0.5) is 5.69 Å². The summed E-state index contributed by atoms with van der Waals surface area (Å²) in [6.45, 7) is 4.36. The van der Waals surface area contributed by atoms with Crippen molar-refractivity contribution < 1.29 is 9.59 Å². The lowest BCUT2D eigenvalue weighted by Crippen LogP contribution is -2.36. The molecule has 2 aliphatic rings. The van der Waals surface area contributed by atoms with Gasteiger partial charge < -0.3 is 19.7 Å². The third-order valence-electron chi connectivity index (χ3n) is 7.06. The molecular weight excluding hydrogens is 388 g/mol. The number of rotatable bonds is 7. The van der Waals surface area contributed by atoms with Gasteiger partial charge in [-0.05, 0) is 58.3 Å². The minimum absolute atomic E-state index is 0.0913. The van der Waals surface area contributed by atoms with Crippen molar-refractivity contribution in [3.63, 3.8) is 0 Å². The Labute approximate surface area is 185 Å². The fourth-order valence-corrected chi connectivity index (χ4v) is 5.28. The Hall–Kier alpha value is -2.34. The van der Waals surface area contributed by atoms with E-state index in [9.17, 15) is 9.59 Å². The highest BCUT2D eigenvalue weighted by atomic mass is 16.2. The summed E-state index contributed by atoms with van der Waals surface area (Å²) in [5.41, 5.74) is 3.49. The Balaban J connectivity index is 1.48.